The molecular formula is C18H19F3N4O5S. The third kappa shape index (κ3) is 6.23. The maximum Gasteiger partial charge on any atom is 0.446 e. The van der Waals surface area contributed by atoms with Crippen LogP contribution < -0.4 is 20.5 Å². The number of imidazole rings is 1. The summed E-state index contributed by atoms with van der Waals surface area (Å²) in [5.74, 6) is -0.151. The molecule has 0 fully saturated rings. The predicted molar refractivity (Wildman–Crippen MR) is 108 cm³/mol. The van der Waals surface area contributed by atoms with Crippen LogP contribution in [0.3, 0.4) is 0 Å². The number of nitrogens with zero attached hydrogens (tertiary/aromatic N) is 1. The second-order valence-electron chi connectivity index (χ2n) is 6.53. The lowest BCUT2D eigenvalue weighted by molar-refractivity contribution is -0.137. The molecule has 1 heterocycles. The number of hydrogen-bond acceptors (Lipinski definition) is 6. The number of rotatable bonds is 9. The standard InChI is InChI=1S/C18H19F3N4O5S/c19-18(20,21)12-2-1-3-13(10-12)23-7-6-22-8-9-25-16-5-4-14(30-31(27,28)29)11-15(16)24-17(25)26/h1-5,10-11,22-23H,6-9H2,(H,24,26)(H,27,28,29). The number of aromatic amines is 1. The first kappa shape index (κ1) is 22.7. The lowest BCUT2D eigenvalue weighted by atomic mass is 10.2. The number of hydrogen-bond donors (Lipinski definition) is 4. The molecule has 3 rings (SSSR count). The Bertz CT molecular complexity index is 1220. The fraction of sp³-hybridized carbons (Fsp3) is 0.278. The maximum atomic E-state index is 12.7. The van der Waals surface area contributed by atoms with Crippen molar-refractivity contribution in [3.05, 3.63) is 58.5 Å². The quantitative estimate of drug-likeness (QED) is 0.285. The van der Waals surface area contributed by atoms with Crippen molar-refractivity contribution in [3.63, 3.8) is 0 Å². The molecule has 0 saturated carbocycles. The van der Waals surface area contributed by atoms with Gasteiger partial charge in [0.05, 0.1) is 16.6 Å². The van der Waals surface area contributed by atoms with Gasteiger partial charge in [-0.05, 0) is 30.3 Å². The molecule has 1 aromatic heterocycles. The van der Waals surface area contributed by atoms with Crippen LogP contribution in [0.5, 0.6) is 5.75 Å². The van der Waals surface area contributed by atoms with Crippen LogP contribution in [0.2, 0.25) is 0 Å². The highest BCUT2D eigenvalue weighted by molar-refractivity contribution is 7.81. The smallest absolute Gasteiger partial charge is 0.384 e. The van der Waals surface area contributed by atoms with Gasteiger partial charge in [-0.2, -0.15) is 21.6 Å². The van der Waals surface area contributed by atoms with Crippen LogP contribution in [0.4, 0.5) is 18.9 Å². The molecule has 4 N–H and O–H groups in total. The highest BCUT2D eigenvalue weighted by atomic mass is 32.3. The number of benzene rings is 2. The number of fused-ring (bicyclic) bond motifs is 1. The molecule has 0 spiro atoms. The zero-order valence-corrected chi connectivity index (χ0v) is 16.8. The first-order valence-corrected chi connectivity index (χ1v) is 10.4. The van der Waals surface area contributed by atoms with E-state index in [-0.39, 0.29) is 5.75 Å². The van der Waals surface area contributed by atoms with Crippen LogP contribution in [0.1, 0.15) is 5.56 Å². The molecular weight excluding hydrogens is 441 g/mol. The van der Waals surface area contributed by atoms with Crippen LogP contribution in [0.25, 0.3) is 11.0 Å². The van der Waals surface area contributed by atoms with Crippen molar-refractivity contribution in [2.45, 2.75) is 12.7 Å². The van der Waals surface area contributed by atoms with Crippen molar-refractivity contribution in [1.29, 1.82) is 0 Å². The Kier molecular flexibility index (Phi) is 6.57. The highest BCUT2D eigenvalue weighted by Crippen LogP contribution is 2.30. The Morgan fingerprint density at radius 2 is 1.87 bits per heavy atom. The Morgan fingerprint density at radius 1 is 1.10 bits per heavy atom. The van der Waals surface area contributed by atoms with Gasteiger partial charge in [0.15, 0.2) is 0 Å². The van der Waals surface area contributed by atoms with Crippen molar-refractivity contribution in [2.24, 2.45) is 0 Å². The molecule has 0 aliphatic heterocycles. The molecule has 0 bridgehead atoms. The van der Waals surface area contributed by atoms with Gasteiger partial charge in [0.2, 0.25) is 0 Å². The van der Waals surface area contributed by atoms with Crippen molar-refractivity contribution in [3.8, 4) is 5.75 Å². The SMILES string of the molecule is O=c1[nH]c2cc(OS(=O)(=O)O)ccc2n1CCNCCNc1cccc(C(F)(F)F)c1. The third-order valence-corrected chi connectivity index (χ3v) is 4.68. The molecule has 0 radical (unpaired) electrons. The van der Waals surface area contributed by atoms with Crippen molar-refractivity contribution in [1.82, 2.24) is 14.9 Å². The van der Waals surface area contributed by atoms with E-state index in [1.165, 1.54) is 28.8 Å². The van der Waals surface area contributed by atoms with E-state index in [4.69, 9.17) is 4.55 Å². The highest BCUT2D eigenvalue weighted by Gasteiger charge is 2.30. The van der Waals surface area contributed by atoms with E-state index < -0.39 is 27.8 Å². The number of nitrogens with one attached hydrogen (secondary N) is 3. The van der Waals surface area contributed by atoms with E-state index in [2.05, 4.69) is 19.8 Å². The topological polar surface area (TPSA) is 125 Å². The van der Waals surface area contributed by atoms with Gasteiger partial charge in [0.1, 0.15) is 5.75 Å². The van der Waals surface area contributed by atoms with Crippen molar-refractivity contribution in [2.75, 3.05) is 25.0 Å². The molecule has 0 aliphatic rings. The van der Waals surface area contributed by atoms with Gasteiger partial charge in [0, 0.05) is 37.9 Å². The van der Waals surface area contributed by atoms with Gasteiger partial charge in [-0.1, -0.05) is 6.07 Å². The molecule has 13 heteroatoms. The van der Waals surface area contributed by atoms with Crippen LogP contribution in [-0.2, 0) is 23.1 Å². The molecule has 3 aromatic rings. The van der Waals surface area contributed by atoms with E-state index in [9.17, 15) is 26.4 Å². The minimum Gasteiger partial charge on any atom is -0.384 e. The minimum atomic E-state index is -4.67. The van der Waals surface area contributed by atoms with E-state index in [0.717, 1.165) is 12.1 Å². The summed E-state index contributed by atoms with van der Waals surface area (Å²) >= 11 is 0. The number of H-pyrrole nitrogens is 1. The second-order valence-corrected chi connectivity index (χ2v) is 7.55. The summed E-state index contributed by atoms with van der Waals surface area (Å²) in [6, 6.07) is 8.95. The van der Waals surface area contributed by atoms with Gasteiger partial charge in [0.25, 0.3) is 0 Å². The molecule has 0 unspecified atom stereocenters. The molecule has 0 saturated heterocycles. The molecule has 9 nitrogen and oxygen atoms in total. The fourth-order valence-corrected chi connectivity index (χ4v) is 3.30. The van der Waals surface area contributed by atoms with E-state index in [1.807, 2.05) is 0 Å². The average Bonchev–Trinajstić information content (AvgIpc) is 2.97. The Labute approximate surface area is 174 Å². The zero-order valence-electron chi connectivity index (χ0n) is 15.9. The van der Waals surface area contributed by atoms with Gasteiger partial charge >= 0.3 is 22.3 Å². The van der Waals surface area contributed by atoms with Crippen LogP contribution in [-0.4, -0.2) is 42.2 Å². The fourth-order valence-electron chi connectivity index (χ4n) is 2.95. The molecule has 31 heavy (non-hydrogen) atoms. The Hall–Kier alpha value is -3.03. The van der Waals surface area contributed by atoms with Crippen LogP contribution in [0.15, 0.2) is 47.3 Å². The van der Waals surface area contributed by atoms with Crippen molar-refractivity contribution >= 4 is 27.1 Å². The van der Waals surface area contributed by atoms with E-state index >= 15 is 0 Å². The van der Waals surface area contributed by atoms with Crippen LogP contribution >= 0.6 is 0 Å². The summed E-state index contributed by atoms with van der Waals surface area (Å²) in [5.41, 5.74) is 0.0542. The first-order valence-electron chi connectivity index (χ1n) is 9.04. The summed E-state index contributed by atoms with van der Waals surface area (Å²) in [4.78, 5) is 14.7. The van der Waals surface area contributed by atoms with Crippen molar-refractivity contribution < 1.29 is 30.3 Å². The van der Waals surface area contributed by atoms with Gasteiger partial charge in [-0.15, -0.1) is 0 Å². The summed E-state index contributed by atoms with van der Waals surface area (Å²) < 4.78 is 74.2. The number of alkyl halides is 3. The Morgan fingerprint density at radius 3 is 2.58 bits per heavy atom. The summed E-state index contributed by atoms with van der Waals surface area (Å²) in [7, 11) is -4.67. The van der Waals surface area contributed by atoms with E-state index in [1.54, 1.807) is 6.07 Å². The lowest BCUT2D eigenvalue weighted by Crippen LogP contribution is -2.28. The predicted octanol–water partition coefficient (Wildman–Crippen LogP) is 2.23. The summed E-state index contributed by atoms with van der Waals surface area (Å²) in [6.45, 7) is 1.52. The maximum absolute atomic E-state index is 12.7. The van der Waals surface area contributed by atoms with Gasteiger partial charge in [-0.25, -0.2) is 4.79 Å². The largest absolute Gasteiger partial charge is 0.446 e. The summed E-state index contributed by atoms with van der Waals surface area (Å²) in [5, 5.41) is 5.97. The molecule has 0 amide bonds. The normalized spacial score (nSPS) is 12.3. The van der Waals surface area contributed by atoms with Gasteiger partial charge < -0.3 is 19.8 Å². The average molecular weight is 460 g/mol. The minimum absolute atomic E-state index is 0.151. The van der Waals surface area contributed by atoms with Gasteiger partial charge in [-0.3, -0.25) is 9.12 Å². The molecule has 0 atom stereocenters. The number of anilines is 1. The first-order chi connectivity index (χ1) is 14.5. The molecule has 2 aromatic carbocycles. The van der Waals surface area contributed by atoms with E-state index in [0.29, 0.717) is 42.9 Å². The Balaban J connectivity index is 1.51. The monoisotopic (exact) mass is 460 g/mol. The third-order valence-electron chi connectivity index (χ3n) is 4.28. The zero-order chi connectivity index (χ0) is 22.6. The summed E-state index contributed by atoms with van der Waals surface area (Å²) in [6.07, 6.45) is -4.40. The number of halogens is 3. The number of aromatic nitrogens is 2. The molecule has 0 aliphatic carbocycles. The second kappa shape index (κ2) is 8.99. The lowest BCUT2D eigenvalue weighted by Gasteiger charge is -2.11. The molecule has 168 valence electrons. The van der Waals surface area contributed by atoms with Crippen LogP contribution in [0, 0.1) is 0 Å².